The minimum Gasteiger partial charge on any atom is -0.486 e. The monoisotopic (exact) mass is 443 g/mol. The van der Waals surface area contributed by atoms with Crippen molar-refractivity contribution in [3.8, 4) is 5.75 Å². The van der Waals surface area contributed by atoms with E-state index in [0.29, 0.717) is 13.2 Å². The Morgan fingerprint density at radius 3 is 2.48 bits per heavy atom. The van der Waals surface area contributed by atoms with Crippen molar-refractivity contribution in [2.24, 2.45) is 0 Å². The first-order chi connectivity index (χ1) is 13.0. The number of allylic oxidation sites excluding steroid dienone is 1. The van der Waals surface area contributed by atoms with Gasteiger partial charge in [-0.05, 0) is 54.8 Å². The molecule has 0 amide bonds. The van der Waals surface area contributed by atoms with Crippen LogP contribution in [0.1, 0.15) is 22.5 Å². The molecule has 0 aliphatic heterocycles. The van der Waals surface area contributed by atoms with Crippen molar-refractivity contribution in [2.45, 2.75) is 37.9 Å². The molecule has 27 heavy (non-hydrogen) atoms. The zero-order chi connectivity index (χ0) is 19.2. The number of hydrogen-bond donors (Lipinski definition) is 0. The van der Waals surface area contributed by atoms with Crippen LogP contribution in [0.25, 0.3) is 0 Å². The van der Waals surface area contributed by atoms with Gasteiger partial charge in [0, 0.05) is 16.8 Å². The van der Waals surface area contributed by atoms with Crippen LogP contribution in [0.15, 0.2) is 64.7 Å². The molecular formula is C21H22BrN3OS. The van der Waals surface area contributed by atoms with Gasteiger partial charge in [0.2, 0.25) is 0 Å². The van der Waals surface area contributed by atoms with Gasteiger partial charge in [-0.15, -0.1) is 16.8 Å². The molecule has 0 bridgehead atoms. The standard InChI is InChI=1S/C21H22BrN3OS/c1-4-9-25-20(13-26-19-11-15(2)10-16(3)12-19)23-24-21(25)27-14-17-5-7-18(22)8-6-17/h4-8,10-12H,1,9,13-14H2,2-3H3. The number of hydrogen-bond acceptors (Lipinski definition) is 4. The number of rotatable bonds is 8. The van der Waals surface area contributed by atoms with Crippen LogP contribution in [-0.2, 0) is 18.9 Å². The highest BCUT2D eigenvalue weighted by Gasteiger charge is 2.13. The van der Waals surface area contributed by atoms with Gasteiger partial charge in [-0.3, -0.25) is 4.57 Å². The highest BCUT2D eigenvalue weighted by molar-refractivity contribution is 9.10. The summed E-state index contributed by atoms with van der Waals surface area (Å²) in [5, 5.41) is 9.56. The second-order valence-corrected chi connectivity index (χ2v) is 8.18. The van der Waals surface area contributed by atoms with Crippen LogP contribution in [-0.4, -0.2) is 14.8 Å². The van der Waals surface area contributed by atoms with Crippen LogP contribution in [0.2, 0.25) is 0 Å². The lowest BCUT2D eigenvalue weighted by molar-refractivity contribution is 0.289. The van der Waals surface area contributed by atoms with Crippen LogP contribution in [0, 0.1) is 13.8 Å². The number of aryl methyl sites for hydroxylation is 2. The predicted molar refractivity (Wildman–Crippen MR) is 114 cm³/mol. The Kier molecular flexibility index (Phi) is 6.74. The van der Waals surface area contributed by atoms with Crippen molar-refractivity contribution < 1.29 is 4.74 Å². The lowest BCUT2D eigenvalue weighted by Crippen LogP contribution is -2.07. The highest BCUT2D eigenvalue weighted by Crippen LogP contribution is 2.24. The van der Waals surface area contributed by atoms with Crippen LogP contribution in [0.4, 0.5) is 0 Å². The number of nitrogens with zero attached hydrogens (tertiary/aromatic N) is 3. The average Bonchev–Trinajstić information content (AvgIpc) is 3.01. The van der Waals surface area contributed by atoms with E-state index in [1.54, 1.807) is 11.8 Å². The average molecular weight is 444 g/mol. The summed E-state index contributed by atoms with van der Waals surface area (Å²) in [4.78, 5) is 0. The minimum absolute atomic E-state index is 0.378. The van der Waals surface area contributed by atoms with Gasteiger partial charge in [0.15, 0.2) is 11.0 Å². The van der Waals surface area contributed by atoms with Crippen LogP contribution >= 0.6 is 27.7 Å². The molecule has 0 aliphatic rings. The third kappa shape index (κ3) is 5.47. The topological polar surface area (TPSA) is 39.9 Å². The van der Waals surface area contributed by atoms with E-state index in [2.05, 4.69) is 69.3 Å². The van der Waals surface area contributed by atoms with E-state index in [1.807, 2.05) is 30.3 Å². The maximum atomic E-state index is 5.96. The zero-order valence-electron chi connectivity index (χ0n) is 15.5. The smallest absolute Gasteiger partial charge is 0.191 e. The minimum atomic E-state index is 0.378. The number of aromatic nitrogens is 3. The van der Waals surface area contributed by atoms with Crippen molar-refractivity contribution in [1.82, 2.24) is 14.8 Å². The second kappa shape index (κ2) is 9.24. The molecule has 140 valence electrons. The van der Waals surface area contributed by atoms with Gasteiger partial charge in [-0.25, -0.2) is 0 Å². The number of halogens is 1. The fourth-order valence-electron chi connectivity index (χ4n) is 2.74. The highest BCUT2D eigenvalue weighted by atomic mass is 79.9. The largest absolute Gasteiger partial charge is 0.486 e. The summed E-state index contributed by atoms with van der Waals surface area (Å²) in [5.74, 6) is 2.48. The Morgan fingerprint density at radius 2 is 1.81 bits per heavy atom. The molecule has 0 N–H and O–H groups in total. The number of thioether (sulfide) groups is 1. The summed E-state index contributed by atoms with van der Waals surface area (Å²) in [6.45, 7) is 9.02. The van der Waals surface area contributed by atoms with E-state index < -0.39 is 0 Å². The van der Waals surface area contributed by atoms with Crippen molar-refractivity contribution >= 4 is 27.7 Å². The fourth-order valence-corrected chi connectivity index (χ4v) is 3.92. The number of benzene rings is 2. The zero-order valence-corrected chi connectivity index (χ0v) is 17.9. The molecule has 0 aliphatic carbocycles. The summed E-state index contributed by atoms with van der Waals surface area (Å²) in [5.41, 5.74) is 3.61. The van der Waals surface area contributed by atoms with Gasteiger partial charge < -0.3 is 4.74 Å². The first-order valence-corrected chi connectivity index (χ1v) is 10.4. The molecule has 0 saturated heterocycles. The van der Waals surface area contributed by atoms with Crippen molar-refractivity contribution in [1.29, 1.82) is 0 Å². The summed E-state index contributed by atoms with van der Waals surface area (Å²) >= 11 is 5.13. The predicted octanol–water partition coefficient (Wildman–Crippen LogP) is 5.71. The van der Waals surface area contributed by atoms with E-state index in [9.17, 15) is 0 Å². The maximum Gasteiger partial charge on any atom is 0.191 e. The Balaban J connectivity index is 1.70. The summed E-state index contributed by atoms with van der Waals surface area (Å²) in [6, 6.07) is 14.5. The molecule has 1 aromatic heterocycles. The Morgan fingerprint density at radius 1 is 1.11 bits per heavy atom. The maximum absolute atomic E-state index is 5.96. The molecule has 0 fully saturated rings. The Labute approximate surface area is 172 Å². The molecule has 0 radical (unpaired) electrons. The van der Waals surface area contributed by atoms with Crippen molar-refractivity contribution in [3.63, 3.8) is 0 Å². The molecule has 6 heteroatoms. The summed E-state index contributed by atoms with van der Waals surface area (Å²) in [6.07, 6.45) is 1.85. The van der Waals surface area contributed by atoms with E-state index >= 15 is 0 Å². The SMILES string of the molecule is C=CCn1c(COc2cc(C)cc(C)c2)nnc1SCc1ccc(Br)cc1. The molecule has 0 spiro atoms. The molecule has 0 saturated carbocycles. The molecular weight excluding hydrogens is 422 g/mol. The lowest BCUT2D eigenvalue weighted by atomic mass is 10.1. The normalized spacial score (nSPS) is 10.8. The molecule has 0 atom stereocenters. The van der Waals surface area contributed by atoms with E-state index in [0.717, 1.165) is 27.0 Å². The molecule has 1 heterocycles. The second-order valence-electron chi connectivity index (χ2n) is 6.33. The van der Waals surface area contributed by atoms with Gasteiger partial charge in [-0.2, -0.15) is 0 Å². The third-order valence-corrected chi connectivity index (χ3v) is 5.52. The Hall–Kier alpha value is -2.05. The summed E-state index contributed by atoms with van der Waals surface area (Å²) in [7, 11) is 0. The fraction of sp³-hybridized carbons (Fsp3) is 0.238. The molecule has 3 rings (SSSR count). The van der Waals surface area contributed by atoms with Crippen LogP contribution in [0.3, 0.4) is 0 Å². The summed E-state index contributed by atoms with van der Waals surface area (Å²) < 4.78 is 9.09. The van der Waals surface area contributed by atoms with E-state index in [-0.39, 0.29) is 0 Å². The quantitative estimate of drug-likeness (QED) is 0.329. The first kappa shape index (κ1) is 19.7. The molecule has 0 unspecified atom stereocenters. The first-order valence-electron chi connectivity index (χ1n) is 8.66. The van der Waals surface area contributed by atoms with Gasteiger partial charge in [0.05, 0.1) is 0 Å². The van der Waals surface area contributed by atoms with Crippen molar-refractivity contribution in [2.75, 3.05) is 0 Å². The van der Waals surface area contributed by atoms with E-state index in [1.165, 1.54) is 16.7 Å². The lowest BCUT2D eigenvalue weighted by Gasteiger charge is -2.10. The van der Waals surface area contributed by atoms with Crippen LogP contribution < -0.4 is 4.74 Å². The Bertz CT molecular complexity index is 901. The van der Waals surface area contributed by atoms with Gasteiger partial charge >= 0.3 is 0 Å². The van der Waals surface area contributed by atoms with E-state index in [4.69, 9.17) is 4.74 Å². The van der Waals surface area contributed by atoms with Crippen LogP contribution in [0.5, 0.6) is 5.75 Å². The number of ether oxygens (including phenoxy) is 1. The van der Waals surface area contributed by atoms with Gasteiger partial charge in [0.25, 0.3) is 0 Å². The third-order valence-electron chi connectivity index (χ3n) is 3.95. The molecule has 2 aromatic carbocycles. The van der Waals surface area contributed by atoms with Gasteiger partial charge in [-0.1, -0.05) is 52.0 Å². The molecule has 4 nitrogen and oxygen atoms in total. The van der Waals surface area contributed by atoms with Gasteiger partial charge in [0.1, 0.15) is 12.4 Å². The molecule has 3 aromatic rings. The van der Waals surface area contributed by atoms with Crippen molar-refractivity contribution in [3.05, 3.63) is 82.1 Å².